The summed E-state index contributed by atoms with van der Waals surface area (Å²) in [5, 5.41) is 2.96. The monoisotopic (exact) mass is 433 g/mol. The summed E-state index contributed by atoms with van der Waals surface area (Å²) in [6, 6.07) is 22.1. The number of morpholine rings is 1. The van der Waals surface area contributed by atoms with Crippen LogP contribution in [0.3, 0.4) is 0 Å². The Morgan fingerprint density at radius 3 is 2.44 bits per heavy atom. The minimum atomic E-state index is -0.00160. The lowest BCUT2D eigenvalue weighted by molar-refractivity contribution is -0.908. The molecule has 1 aliphatic heterocycles. The van der Waals surface area contributed by atoms with E-state index in [1.807, 2.05) is 60.8 Å². The van der Waals surface area contributed by atoms with Gasteiger partial charge in [-0.3, -0.25) is 4.79 Å². The number of H-pyrrole nitrogens is 1. The topological polar surface area (TPSA) is 66.1 Å². The summed E-state index contributed by atoms with van der Waals surface area (Å²) in [6.45, 7) is 6.06. The quantitative estimate of drug-likeness (QED) is 0.535. The third kappa shape index (κ3) is 6.64. The fourth-order valence-corrected chi connectivity index (χ4v) is 3.75. The van der Waals surface area contributed by atoms with E-state index < -0.39 is 0 Å². The summed E-state index contributed by atoms with van der Waals surface area (Å²) >= 11 is 0. The standard InChI is InChI=1S/C26H29N3O3/c30-26(28-19-21-4-2-1-3-5-21)18-24-9-6-23(20-27-24)22-7-10-25(11-8-22)32-17-14-29-12-15-31-16-13-29/h1-11,20H,12-19H2,(H,28,30)/p+2. The number of quaternary nitrogens is 1. The first-order chi connectivity index (χ1) is 15.8. The van der Waals surface area contributed by atoms with Gasteiger partial charge in [0.25, 0.3) is 0 Å². The zero-order valence-electron chi connectivity index (χ0n) is 18.3. The summed E-state index contributed by atoms with van der Waals surface area (Å²) in [5.74, 6) is 0.885. The van der Waals surface area contributed by atoms with Gasteiger partial charge in [-0.1, -0.05) is 42.5 Å². The smallest absolute Gasteiger partial charge is 0.230 e. The second-order valence-electron chi connectivity index (χ2n) is 8.03. The summed E-state index contributed by atoms with van der Waals surface area (Å²) in [6.07, 6.45) is 2.27. The Morgan fingerprint density at radius 2 is 1.72 bits per heavy atom. The minimum absolute atomic E-state index is 0.00160. The number of carbonyl (C=O) groups excluding carboxylic acids is 1. The third-order valence-corrected chi connectivity index (χ3v) is 5.67. The number of hydrogen-bond acceptors (Lipinski definition) is 3. The molecule has 2 heterocycles. The molecular formula is C26H31N3O3+2. The summed E-state index contributed by atoms with van der Waals surface area (Å²) < 4.78 is 11.3. The van der Waals surface area contributed by atoms with Crippen LogP contribution in [-0.4, -0.2) is 45.4 Å². The molecule has 2 aromatic carbocycles. The fraction of sp³-hybridized carbons (Fsp3) is 0.308. The molecule has 3 N–H and O–H groups in total. The third-order valence-electron chi connectivity index (χ3n) is 5.67. The molecule has 1 fully saturated rings. The number of aromatic amines is 1. The van der Waals surface area contributed by atoms with Crippen LogP contribution in [0.4, 0.5) is 0 Å². The van der Waals surface area contributed by atoms with E-state index in [0.717, 1.165) is 61.0 Å². The number of nitrogens with one attached hydrogen (secondary N) is 3. The first-order valence-corrected chi connectivity index (χ1v) is 11.2. The Morgan fingerprint density at radius 1 is 0.969 bits per heavy atom. The van der Waals surface area contributed by atoms with Crippen LogP contribution in [0.5, 0.6) is 5.75 Å². The molecule has 0 saturated carbocycles. The van der Waals surface area contributed by atoms with Gasteiger partial charge in [-0.05, 0) is 29.3 Å². The molecule has 0 radical (unpaired) electrons. The molecule has 32 heavy (non-hydrogen) atoms. The SMILES string of the molecule is O=C(Cc1ccc(-c2ccc(OCC[NH+]3CCOCC3)cc2)c[nH+]1)NCc1ccccc1. The maximum absolute atomic E-state index is 12.2. The van der Waals surface area contributed by atoms with Gasteiger partial charge >= 0.3 is 0 Å². The highest BCUT2D eigenvalue weighted by atomic mass is 16.5. The summed E-state index contributed by atoms with van der Waals surface area (Å²) in [7, 11) is 0. The van der Waals surface area contributed by atoms with Gasteiger partial charge < -0.3 is 19.7 Å². The number of aromatic nitrogens is 1. The number of hydrogen-bond donors (Lipinski definition) is 2. The van der Waals surface area contributed by atoms with E-state index in [0.29, 0.717) is 19.6 Å². The van der Waals surface area contributed by atoms with Gasteiger partial charge in [0.05, 0.1) is 13.2 Å². The molecule has 0 unspecified atom stereocenters. The number of pyridine rings is 1. The first-order valence-electron chi connectivity index (χ1n) is 11.2. The van der Waals surface area contributed by atoms with E-state index in [2.05, 4.69) is 22.4 Å². The van der Waals surface area contributed by atoms with Gasteiger partial charge in [-0.2, -0.15) is 0 Å². The van der Waals surface area contributed by atoms with Crippen molar-refractivity contribution >= 4 is 5.91 Å². The lowest BCUT2D eigenvalue weighted by Gasteiger charge is -2.23. The lowest BCUT2D eigenvalue weighted by Crippen LogP contribution is -3.14. The second-order valence-corrected chi connectivity index (χ2v) is 8.03. The average molecular weight is 434 g/mol. The number of benzene rings is 2. The molecule has 166 valence electrons. The van der Waals surface area contributed by atoms with Crippen LogP contribution in [0.15, 0.2) is 72.9 Å². The zero-order valence-corrected chi connectivity index (χ0v) is 18.3. The molecule has 1 saturated heterocycles. The molecule has 3 aromatic rings. The van der Waals surface area contributed by atoms with Crippen molar-refractivity contribution in [1.29, 1.82) is 0 Å². The van der Waals surface area contributed by atoms with Crippen molar-refractivity contribution in [3.8, 4) is 16.9 Å². The molecule has 0 aliphatic carbocycles. The molecule has 0 spiro atoms. The van der Waals surface area contributed by atoms with Crippen molar-refractivity contribution in [3.63, 3.8) is 0 Å². The van der Waals surface area contributed by atoms with Gasteiger partial charge in [-0.15, -0.1) is 0 Å². The van der Waals surface area contributed by atoms with Crippen LogP contribution < -0.4 is 19.9 Å². The highest BCUT2D eigenvalue weighted by Crippen LogP contribution is 2.21. The van der Waals surface area contributed by atoms with E-state index in [9.17, 15) is 4.79 Å². The number of amides is 1. The van der Waals surface area contributed by atoms with Crippen LogP contribution in [0.25, 0.3) is 11.1 Å². The van der Waals surface area contributed by atoms with Gasteiger partial charge in [0, 0.05) is 18.2 Å². The molecule has 4 rings (SSSR count). The van der Waals surface area contributed by atoms with Crippen molar-refractivity contribution in [2.45, 2.75) is 13.0 Å². The van der Waals surface area contributed by atoms with E-state index in [1.165, 1.54) is 4.90 Å². The predicted molar refractivity (Wildman–Crippen MR) is 122 cm³/mol. The largest absolute Gasteiger partial charge is 0.488 e. The van der Waals surface area contributed by atoms with Gasteiger partial charge in [0.1, 0.15) is 38.4 Å². The van der Waals surface area contributed by atoms with Crippen LogP contribution in [0.2, 0.25) is 0 Å². The maximum atomic E-state index is 12.2. The number of carbonyl (C=O) groups is 1. The first kappa shape index (κ1) is 22.0. The Balaban J connectivity index is 1.23. The predicted octanol–water partition coefficient (Wildman–Crippen LogP) is 1.32. The Labute approximate surface area is 189 Å². The highest BCUT2D eigenvalue weighted by molar-refractivity contribution is 5.77. The van der Waals surface area contributed by atoms with Crippen LogP contribution >= 0.6 is 0 Å². The normalized spacial score (nSPS) is 14.1. The molecule has 6 nitrogen and oxygen atoms in total. The Hall–Kier alpha value is -3.22. The summed E-state index contributed by atoms with van der Waals surface area (Å²) in [5.41, 5.74) is 4.15. The van der Waals surface area contributed by atoms with E-state index in [4.69, 9.17) is 9.47 Å². The van der Waals surface area contributed by atoms with Crippen LogP contribution in [0, 0.1) is 0 Å². The zero-order chi connectivity index (χ0) is 22.0. The molecule has 1 aliphatic rings. The van der Waals surface area contributed by atoms with Crippen molar-refractivity contribution in [2.75, 3.05) is 39.5 Å². The minimum Gasteiger partial charge on any atom is -0.488 e. The van der Waals surface area contributed by atoms with Gasteiger partial charge in [0.15, 0.2) is 11.9 Å². The van der Waals surface area contributed by atoms with Crippen LogP contribution in [0.1, 0.15) is 11.3 Å². The Bertz CT molecular complexity index is 969. The van der Waals surface area contributed by atoms with Gasteiger partial charge in [-0.25, -0.2) is 4.98 Å². The second kappa shape index (κ2) is 11.4. The molecular weight excluding hydrogens is 402 g/mol. The van der Waals surface area contributed by atoms with E-state index in [-0.39, 0.29) is 5.91 Å². The molecule has 1 amide bonds. The van der Waals surface area contributed by atoms with Crippen molar-refractivity contribution in [3.05, 3.63) is 84.2 Å². The number of ether oxygens (including phenoxy) is 2. The molecule has 1 aromatic heterocycles. The maximum Gasteiger partial charge on any atom is 0.230 e. The Kier molecular flexibility index (Phi) is 7.84. The van der Waals surface area contributed by atoms with Crippen LogP contribution in [-0.2, 0) is 22.5 Å². The fourth-order valence-electron chi connectivity index (χ4n) is 3.75. The molecule has 0 atom stereocenters. The van der Waals surface area contributed by atoms with Crippen molar-refractivity contribution in [1.82, 2.24) is 5.32 Å². The lowest BCUT2D eigenvalue weighted by atomic mass is 10.1. The van der Waals surface area contributed by atoms with E-state index in [1.54, 1.807) is 0 Å². The average Bonchev–Trinajstić information content (AvgIpc) is 2.85. The summed E-state index contributed by atoms with van der Waals surface area (Å²) in [4.78, 5) is 17.0. The molecule has 6 heteroatoms. The van der Waals surface area contributed by atoms with Crippen molar-refractivity contribution in [2.24, 2.45) is 0 Å². The number of rotatable bonds is 9. The van der Waals surface area contributed by atoms with Gasteiger partial charge in [0.2, 0.25) is 5.91 Å². The van der Waals surface area contributed by atoms with E-state index >= 15 is 0 Å². The van der Waals surface area contributed by atoms with Crippen molar-refractivity contribution < 1.29 is 24.2 Å². The highest BCUT2D eigenvalue weighted by Gasteiger charge is 2.13. The molecule has 0 bridgehead atoms.